The number of carbonyl (C=O) groups is 1. The molecule has 0 fully saturated rings. The lowest BCUT2D eigenvalue weighted by Gasteiger charge is -2.25. The summed E-state index contributed by atoms with van der Waals surface area (Å²) in [5.41, 5.74) is 2.59. The maximum Gasteiger partial charge on any atom is 0.275 e. The standard InChI is InChI=1S/C25H31N3O3/c1-5-30-22-13-11-21(12-14-22)16-28(19(2)3)17-24-26-23(18-31-24)25(29)27(4)15-20-9-7-6-8-10-20/h6-14,18-19H,5,15-17H2,1-4H3. The van der Waals surface area contributed by atoms with Crippen molar-refractivity contribution in [3.05, 3.63) is 83.6 Å². The molecule has 0 saturated heterocycles. The van der Waals surface area contributed by atoms with Crippen LogP contribution in [0.4, 0.5) is 0 Å². The van der Waals surface area contributed by atoms with Gasteiger partial charge in [0.05, 0.1) is 13.2 Å². The highest BCUT2D eigenvalue weighted by Crippen LogP contribution is 2.17. The lowest BCUT2D eigenvalue weighted by Crippen LogP contribution is -2.30. The molecule has 164 valence electrons. The first-order valence-corrected chi connectivity index (χ1v) is 10.7. The van der Waals surface area contributed by atoms with Gasteiger partial charge in [0.2, 0.25) is 5.89 Å². The lowest BCUT2D eigenvalue weighted by atomic mass is 10.2. The van der Waals surface area contributed by atoms with Gasteiger partial charge in [-0.15, -0.1) is 0 Å². The van der Waals surface area contributed by atoms with E-state index in [-0.39, 0.29) is 5.91 Å². The Hall–Kier alpha value is -3.12. The SMILES string of the molecule is CCOc1ccc(CN(Cc2nc(C(=O)N(C)Cc3ccccc3)co2)C(C)C)cc1. The zero-order chi connectivity index (χ0) is 22.2. The van der Waals surface area contributed by atoms with Crippen LogP contribution in [0.1, 0.15) is 48.3 Å². The van der Waals surface area contributed by atoms with Gasteiger partial charge in [0, 0.05) is 26.2 Å². The predicted molar refractivity (Wildman–Crippen MR) is 121 cm³/mol. The van der Waals surface area contributed by atoms with Gasteiger partial charge in [-0.05, 0) is 44.0 Å². The van der Waals surface area contributed by atoms with Crippen molar-refractivity contribution in [1.29, 1.82) is 0 Å². The van der Waals surface area contributed by atoms with E-state index >= 15 is 0 Å². The Kier molecular flexibility index (Phi) is 7.84. The van der Waals surface area contributed by atoms with Gasteiger partial charge in [-0.1, -0.05) is 42.5 Å². The van der Waals surface area contributed by atoms with E-state index in [1.54, 1.807) is 11.9 Å². The Morgan fingerprint density at radius 1 is 1.00 bits per heavy atom. The summed E-state index contributed by atoms with van der Waals surface area (Å²) in [5, 5.41) is 0. The maximum atomic E-state index is 12.7. The van der Waals surface area contributed by atoms with Crippen molar-refractivity contribution >= 4 is 5.91 Å². The fraction of sp³-hybridized carbons (Fsp3) is 0.360. The monoisotopic (exact) mass is 421 g/mol. The van der Waals surface area contributed by atoms with Gasteiger partial charge in [-0.3, -0.25) is 9.69 Å². The summed E-state index contributed by atoms with van der Waals surface area (Å²) in [6.07, 6.45) is 1.45. The molecular formula is C25H31N3O3. The first-order valence-electron chi connectivity index (χ1n) is 10.7. The molecule has 1 amide bonds. The third-order valence-electron chi connectivity index (χ3n) is 5.07. The minimum absolute atomic E-state index is 0.151. The Labute approximate surface area is 184 Å². The van der Waals surface area contributed by atoms with Gasteiger partial charge >= 0.3 is 0 Å². The molecule has 0 aliphatic rings. The van der Waals surface area contributed by atoms with Gasteiger partial charge in [-0.25, -0.2) is 4.98 Å². The number of amides is 1. The van der Waals surface area contributed by atoms with Crippen molar-refractivity contribution in [2.45, 2.75) is 46.4 Å². The van der Waals surface area contributed by atoms with Crippen molar-refractivity contribution in [3.8, 4) is 5.75 Å². The molecule has 1 heterocycles. The number of ether oxygens (including phenoxy) is 1. The summed E-state index contributed by atoms with van der Waals surface area (Å²) in [7, 11) is 1.77. The van der Waals surface area contributed by atoms with Gasteiger partial charge in [0.25, 0.3) is 5.91 Å². The number of aromatic nitrogens is 1. The molecule has 0 bridgehead atoms. The summed E-state index contributed by atoms with van der Waals surface area (Å²) in [4.78, 5) is 21.1. The van der Waals surface area contributed by atoms with E-state index in [1.807, 2.05) is 49.4 Å². The number of hydrogen-bond donors (Lipinski definition) is 0. The van der Waals surface area contributed by atoms with Crippen LogP contribution in [0, 0.1) is 0 Å². The zero-order valence-corrected chi connectivity index (χ0v) is 18.7. The molecule has 0 radical (unpaired) electrons. The summed E-state index contributed by atoms with van der Waals surface area (Å²) in [5.74, 6) is 1.26. The average molecular weight is 422 g/mol. The lowest BCUT2D eigenvalue weighted by molar-refractivity contribution is 0.0779. The molecule has 0 unspecified atom stereocenters. The number of carbonyl (C=O) groups excluding carboxylic acids is 1. The van der Waals surface area contributed by atoms with Gasteiger partial charge in [0.1, 0.15) is 12.0 Å². The fourth-order valence-corrected chi connectivity index (χ4v) is 3.29. The number of oxazole rings is 1. The van der Waals surface area contributed by atoms with Crippen molar-refractivity contribution < 1.29 is 13.9 Å². The van der Waals surface area contributed by atoms with Crippen LogP contribution in [0.15, 0.2) is 65.3 Å². The van der Waals surface area contributed by atoms with Crippen LogP contribution in [-0.2, 0) is 19.6 Å². The van der Waals surface area contributed by atoms with Gasteiger partial charge in [0.15, 0.2) is 5.69 Å². The highest BCUT2D eigenvalue weighted by atomic mass is 16.5. The molecule has 0 saturated carbocycles. The van der Waals surface area contributed by atoms with Crippen LogP contribution in [0.5, 0.6) is 5.75 Å². The highest BCUT2D eigenvalue weighted by molar-refractivity contribution is 5.91. The summed E-state index contributed by atoms with van der Waals surface area (Å²) >= 11 is 0. The number of benzene rings is 2. The molecule has 3 aromatic rings. The third-order valence-corrected chi connectivity index (χ3v) is 5.07. The van der Waals surface area contributed by atoms with Crippen molar-refractivity contribution in [2.24, 2.45) is 0 Å². The summed E-state index contributed by atoms with van der Waals surface area (Å²) < 4.78 is 11.2. The van der Waals surface area contributed by atoms with Crippen LogP contribution in [0.25, 0.3) is 0 Å². The molecule has 1 aromatic heterocycles. The molecular weight excluding hydrogens is 390 g/mol. The first kappa shape index (κ1) is 22.6. The minimum atomic E-state index is -0.151. The highest BCUT2D eigenvalue weighted by Gasteiger charge is 2.19. The van der Waals surface area contributed by atoms with Gasteiger partial charge < -0.3 is 14.1 Å². The normalized spacial score (nSPS) is 11.2. The van der Waals surface area contributed by atoms with Crippen LogP contribution in [0.2, 0.25) is 0 Å². The van der Waals surface area contributed by atoms with E-state index < -0.39 is 0 Å². The summed E-state index contributed by atoms with van der Waals surface area (Å²) in [6, 6.07) is 18.3. The molecule has 0 spiro atoms. The van der Waals surface area contributed by atoms with Crippen molar-refractivity contribution in [1.82, 2.24) is 14.8 Å². The topological polar surface area (TPSA) is 58.8 Å². The number of rotatable bonds is 10. The molecule has 6 heteroatoms. The molecule has 6 nitrogen and oxygen atoms in total. The smallest absolute Gasteiger partial charge is 0.275 e. The van der Waals surface area contributed by atoms with Crippen LogP contribution < -0.4 is 4.74 Å². The fourth-order valence-electron chi connectivity index (χ4n) is 3.29. The second-order valence-electron chi connectivity index (χ2n) is 7.85. The van der Waals surface area contributed by atoms with Gasteiger partial charge in [-0.2, -0.15) is 0 Å². The van der Waals surface area contributed by atoms with E-state index in [0.29, 0.717) is 37.3 Å². The third kappa shape index (κ3) is 6.43. The van der Waals surface area contributed by atoms with E-state index in [4.69, 9.17) is 9.15 Å². The minimum Gasteiger partial charge on any atom is -0.494 e. The van der Waals surface area contributed by atoms with Crippen LogP contribution in [0.3, 0.4) is 0 Å². The van der Waals surface area contributed by atoms with Crippen molar-refractivity contribution in [3.63, 3.8) is 0 Å². The summed E-state index contributed by atoms with van der Waals surface area (Å²) in [6.45, 7) is 8.71. The molecule has 3 rings (SSSR count). The average Bonchev–Trinajstić information content (AvgIpc) is 3.23. The van der Waals surface area contributed by atoms with Crippen LogP contribution in [-0.4, -0.2) is 40.4 Å². The quantitative estimate of drug-likeness (QED) is 0.473. The van der Waals surface area contributed by atoms with E-state index in [0.717, 1.165) is 17.9 Å². The van der Waals surface area contributed by atoms with Crippen LogP contribution >= 0.6 is 0 Å². The molecule has 2 aromatic carbocycles. The Bertz CT molecular complexity index is 952. The molecule has 0 atom stereocenters. The first-order chi connectivity index (χ1) is 15.0. The Balaban J connectivity index is 1.62. The second kappa shape index (κ2) is 10.8. The molecule has 31 heavy (non-hydrogen) atoms. The number of hydrogen-bond acceptors (Lipinski definition) is 5. The molecule has 0 aliphatic heterocycles. The number of nitrogens with zero attached hydrogens (tertiary/aromatic N) is 3. The largest absolute Gasteiger partial charge is 0.494 e. The second-order valence-corrected chi connectivity index (χ2v) is 7.85. The molecule has 0 aliphatic carbocycles. The van der Waals surface area contributed by atoms with E-state index in [9.17, 15) is 4.79 Å². The Morgan fingerprint density at radius 2 is 1.68 bits per heavy atom. The maximum absolute atomic E-state index is 12.7. The predicted octanol–water partition coefficient (Wildman–Crippen LogP) is 4.76. The Morgan fingerprint density at radius 3 is 2.32 bits per heavy atom. The zero-order valence-electron chi connectivity index (χ0n) is 18.7. The van der Waals surface area contributed by atoms with E-state index in [1.165, 1.54) is 11.8 Å². The van der Waals surface area contributed by atoms with E-state index in [2.05, 4.69) is 35.9 Å². The van der Waals surface area contributed by atoms with Crippen molar-refractivity contribution in [2.75, 3.05) is 13.7 Å². The molecule has 0 N–H and O–H groups in total.